The van der Waals surface area contributed by atoms with Crippen LogP contribution in [0.1, 0.15) is 26.7 Å². The summed E-state index contributed by atoms with van der Waals surface area (Å²) in [5, 5.41) is 0. The van der Waals surface area contributed by atoms with Crippen molar-refractivity contribution in [3.63, 3.8) is 0 Å². The van der Waals surface area contributed by atoms with Crippen LogP contribution >= 0.6 is 0 Å². The third kappa shape index (κ3) is 4.18. The standard InChI is InChI=1S/C11H19F3N2O/c1-7(2)9(5-15)10(17)16(8-3-4-8)6-11(12,13)14/h7-9H,3-6,15H2,1-2H3. The van der Waals surface area contributed by atoms with Crippen LogP contribution in [0.2, 0.25) is 0 Å². The van der Waals surface area contributed by atoms with E-state index in [0.717, 1.165) is 4.90 Å². The van der Waals surface area contributed by atoms with Crippen LogP contribution in [0.25, 0.3) is 0 Å². The van der Waals surface area contributed by atoms with E-state index in [0.29, 0.717) is 12.8 Å². The quantitative estimate of drug-likeness (QED) is 0.810. The number of carbonyl (C=O) groups excluding carboxylic acids is 1. The summed E-state index contributed by atoms with van der Waals surface area (Å²) in [5.41, 5.74) is 5.47. The van der Waals surface area contributed by atoms with Gasteiger partial charge in [0.25, 0.3) is 0 Å². The average Bonchev–Trinajstić information content (AvgIpc) is 2.96. The van der Waals surface area contributed by atoms with Gasteiger partial charge >= 0.3 is 6.18 Å². The summed E-state index contributed by atoms with van der Waals surface area (Å²) < 4.78 is 37.2. The van der Waals surface area contributed by atoms with E-state index in [-0.39, 0.29) is 18.5 Å². The molecule has 1 aliphatic carbocycles. The van der Waals surface area contributed by atoms with E-state index in [1.807, 2.05) is 0 Å². The van der Waals surface area contributed by atoms with Crippen molar-refractivity contribution < 1.29 is 18.0 Å². The third-order valence-electron chi connectivity index (χ3n) is 3.00. The minimum Gasteiger partial charge on any atom is -0.330 e. The van der Waals surface area contributed by atoms with E-state index < -0.39 is 24.5 Å². The van der Waals surface area contributed by atoms with Crippen LogP contribution in [0, 0.1) is 11.8 Å². The first-order chi connectivity index (χ1) is 7.76. The first-order valence-corrected chi connectivity index (χ1v) is 5.83. The van der Waals surface area contributed by atoms with Crippen molar-refractivity contribution in [1.29, 1.82) is 0 Å². The molecule has 0 radical (unpaired) electrons. The zero-order valence-electron chi connectivity index (χ0n) is 10.1. The Balaban J connectivity index is 2.73. The number of nitrogens with zero attached hydrogens (tertiary/aromatic N) is 1. The summed E-state index contributed by atoms with van der Waals surface area (Å²) in [6.07, 6.45) is -3.01. The Hall–Kier alpha value is -0.780. The molecule has 0 bridgehead atoms. The molecular formula is C11H19F3N2O. The second-order valence-electron chi connectivity index (χ2n) is 4.90. The molecule has 1 atom stereocenters. The average molecular weight is 252 g/mol. The lowest BCUT2D eigenvalue weighted by molar-refractivity contribution is -0.165. The summed E-state index contributed by atoms with van der Waals surface area (Å²) in [4.78, 5) is 13.0. The van der Waals surface area contributed by atoms with Gasteiger partial charge in [0.1, 0.15) is 6.54 Å². The van der Waals surface area contributed by atoms with Crippen molar-refractivity contribution in [3.8, 4) is 0 Å². The molecule has 0 spiro atoms. The molecule has 0 heterocycles. The van der Waals surface area contributed by atoms with Crippen molar-refractivity contribution in [1.82, 2.24) is 4.90 Å². The molecule has 1 amide bonds. The van der Waals surface area contributed by atoms with Crippen molar-refractivity contribution in [2.45, 2.75) is 38.9 Å². The van der Waals surface area contributed by atoms with Crippen LogP contribution in [0.5, 0.6) is 0 Å². The van der Waals surface area contributed by atoms with Crippen molar-refractivity contribution in [3.05, 3.63) is 0 Å². The number of hydrogen-bond donors (Lipinski definition) is 1. The molecule has 0 aromatic rings. The molecule has 0 aliphatic heterocycles. The number of halogens is 3. The Kier molecular flexibility index (Phi) is 4.41. The molecule has 0 saturated heterocycles. The topological polar surface area (TPSA) is 46.3 Å². The molecule has 100 valence electrons. The van der Waals surface area contributed by atoms with Crippen molar-refractivity contribution in [2.75, 3.05) is 13.1 Å². The maximum Gasteiger partial charge on any atom is 0.406 e. The SMILES string of the molecule is CC(C)C(CN)C(=O)N(CC(F)(F)F)C1CC1. The zero-order chi connectivity index (χ0) is 13.2. The van der Waals surface area contributed by atoms with E-state index in [4.69, 9.17) is 5.73 Å². The Bertz CT molecular complexity index is 274. The highest BCUT2D eigenvalue weighted by Gasteiger charge is 2.42. The normalized spacial score (nSPS) is 18.3. The Morgan fingerprint density at radius 2 is 1.94 bits per heavy atom. The molecule has 6 heteroatoms. The lowest BCUT2D eigenvalue weighted by Gasteiger charge is -2.29. The van der Waals surface area contributed by atoms with Crippen LogP contribution in [0.4, 0.5) is 13.2 Å². The Labute approximate surface area is 99.1 Å². The van der Waals surface area contributed by atoms with Crippen LogP contribution in [0.3, 0.4) is 0 Å². The fourth-order valence-electron chi connectivity index (χ4n) is 1.84. The van der Waals surface area contributed by atoms with Crippen molar-refractivity contribution in [2.24, 2.45) is 17.6 Å². The summed E-state index contributed by atoms with van der Waals surface area (Å²) >= 11 is 0. The minimum absolute atomic E-state index is 0.0398. The largest absolute Gasteiger partial charge is 0.406 e. The van der Waals surface area contributed by atoms with Gasteiger partial charge in [-0.05, 0) is 18.8 Å². The first kappa shape index (κ1) is 14.3. The Morgan fingerprint density at radius 1 is 1.41 bits per heavy atom. The number of carbonyl (C=O) groups is 1. The van der Waals surface area contributed by atoms with Gasteiger partial charge in [0.05, 0.1) is 5.92 Å². The number of alkyl halides is 3. The maximum absolute atomic E-state index is 12.4. The first-order valence-electron chi connectivity index (χ1n) is 5.83. The van der Waals surface area contributed by atoms with Gasteiger partial charge in [-0.25, -0.2) is 0 Å². The van der Waals surface area contributed by atoms with Gasteiger partial charge in [-0.1, -0.05) is 13.8 Å². The zero-order valence-corrected chi connectivity index (χ0v) is 10.1. The van der Waals surface area contributed by atoms with Gasteiger partial charge in [-0.2, -0.15) is 13.2 Å². The van der Waals surface area contributed by atoms with Crippen molar-refractivity contribution >= 4 is 5.91 Å². The van der Waals surface area contributed by atoms with Crippen LogP contribution in [-0.4, -0.2) is 36.1 Å². The monoisotopic (exact) mass is 252 g/mol. The number of amides is 1. The van der Waals surface area contributed by atoms with E-state index in [2.05, 4.69) is 0 Å². The molecule has 0 aromatic carbocycles. The second-order valence-corrected chi connectivity index (χ2v) is 4.90. The molecule has 1 unspecified atom stereocenters. The summed E-state index contributed by atoms with van der Waals surface area (Å²) in [7, 11) is 0. The molecular weight excluding hydrogens is 233 g/mol. The van der Waals surface area contributed by atoms with Crippen LogP contribution < -0.4 is 5.73 Å². The van der Waals surface area contributed by atoms with Crippen LogP contribution in [-0.2, 0) is 4.79 Å². The van der Waals surface area contributed by atoms with Gasteiger partial charge < -0.3 is 10.6 Å². The number of hydrogen-bond acceptors (Lipinski definition) is 2. The van der Waals surface area contributed by atoms with Crippen LogP contribution in [0.15, 0.2) is 0 Å². The summed E-state index contributed by atoms with van der Waals surface area (Å²) in [6.45, 7) is 2.54. The van der Waals surface area contributed by atoms with Gasteiger partial charge in [0.2, 0.25) is 5.91 Å². The predicted octanol–water partition coefficient (Wildman–Crippen LogP) is 1.77. The number of nitrogens with two attached hydrogens (primary N) is 1. The fourth-order valence-corrected chi connectivity index (χ4v) is 1.84. The highest BCUT2D eigenvalue weighted by molar-refractivity contribution is 5.80. The van der Waals surface area contributed by atoms with Gasteiger partial charge in [0, 0.05) is 12.6 Å². The molecule has 1 fully saturated rings. The highest BCUT2D eigenvalue weighted by atomic mass is 19.4. The molecule has 17 heavy (non-hydrogen) atoms. The molecule has 1 aliphatic rings. The smallest absolute Gasteiger partial charge is 0.330 e. The van der Waals surface area contributed by atoms with Gasteiger partial charge in [-0.3, -0.25) is 4.79 Å². The maximum atomic E-state index is 12.4. The second kappa shape index (κ2) is 5.25. The molecule has 1 saturated carbocycles. The Morgan fingerprint density at radius 3 is 2.24 bits per heavy atom. The van der Waals surface area contributed by atoms with E-state index in [1.165, 1.54) is 0 Å². The highest BCUT2D eigenvalue weighted by Crippen LogP contribution is 2.32. The van der Waals surface area contributed by atoms with E-state index in [1.54, 1.807) is 13.8 Å². The van der Waals surface area contributed by atoms with E-state index >= 15 is 0 Å². The van der Waals surface area contributed by atoms with Gasteiger partial charge in [0.15, 0.2) is 0 Å². The molecule has 3 nitrogen and oxygen atoms in total. The summed E-state index contributed by atoms with van der Waals surface area (Å²) in [5.74, 6) is -1.01. The predicted molar refractivity (Wildman–Crippen MR) is 58.2 cm³/mol. The van der Waals surface area contributed by atoms with E-state index in [9.17, 15) is 18.0 Å². The number of rotatable bonds is 5. The molecule has 0 aromatic heterocycles. The third-order valence-corrected chi connectivity index (χ3v) is 3.00. The summed E-state index contributed by atoms with van der Waals surface area (Å²) in [6, 6.07) is -0.239. The minimum atomic E-state index is -4.34. The van der Waals surface area contributed by atoms with Gasteiger partial charge in [-0.15, -0.1) is 0 Å². The lowest BCUT2D eigenvalue weighted by atomic mass is 9.94. The molecule has 1 rings (SSSR count). The molecule has 2 N–H and O–H groups in total. The lowest BCUT2D eigenvalue weighted by Crippen LogP contribution is -2.46. The fraction of sp³-hybridized carbons (Fsp3) is 0.909.